The van der Waals surface area contributed by atoms with Crippen LogP contribution < -0.4 is 11.1 Å². The first-order chi connectivity index (χ1) is 7.11. The molecule has 1 fully saturated rings. The summed E-state index contributed by atoms with van der Waals surface area (Å²) in [6.45, 7) is 0.323. The average molecular weight is 226 g/mol. The van der Waals surface area contributed by atoms with Crippen LogP contribution >= 0.6 is 11.3 Å². The minimum Gasteiger partial charge on any atom is -0.397 e. The summed E-state index contributed by atoms with van der Waals surface area (Å²) in [6, 6.07) is 1.71. The van der Waals surface area contributed by atoms with Crippen LogP contribution in [-0.4, -0.2) is 23.2 Å². The van der Waals surface area contributed by atoms with Gasteiger partial charge in [0.25, 0.3) is 5.91 Å². The zero-order chi connectivity index (χ0) is 10.9. The first-order valence-corrected chi connectivity index (χ1v) is 5.82. The maximum Gasteiger partial charge on any atom is 0.263 e. The van der Waals surface area contributed by atoms with Gasteiger partial charge in [0.1, 0.15) is 4.88 Å². The number of amides is 1. The quantitative estimate of drug-likeness (QED) is 0.719. The van der Waals surface area contributed by atoms with Crippen molar-refractivity contribution in [3.05, 3.63) is 16.3 Å². The van der Waals surface area contributed by atoms with Gasteiger partial charge in [0.15, 0.2) is 0 Å². The molecule has 82 valence electrons. The fraction of sp³-hybridized carbons (Fsp3) is 0.500. The number of anilines is 1. The Morgan fingerprint density at radius 3 is 2.87 bits per heavy atom. The van der Waals surface area contributed by atoms with Crippen LogP contribution in [0.5, 0.6) is 0 Å². The molecule has 1 amide bonds. The summed E-state index contributed by atoms with van der Waals surface area (Å²) in [7, 11) is 0. The van der Waals surface area contributed by atoms with E-state index in [-0.39, 0.29) is 5.91 Å². The monoisotopic (exact) mass is 226 g/mol. The van der Waals surface area contributed by atoms with E-state index in [2.05, 4.69) is 5.32 Å². The number of hydrogen-bond acceptors (Lipinski definition) is 4. The van der Waals surface area contributed by atoms with Crippen molar-refractivity contribution < 1.29 is 9.90 Å². The number of rotatable bonds is 3. The second-order valence-corrected chi connectivity index (χ2v) is 4.88. The van der Waals surface area contributed by atoms with E-state index in [0.717, 1.165) is 19.3 Å². The third-order valence-corrected chi connectivity index (χ3v) is 3.69. The van der Waals surface area contributed by atoms with Gasteiger partial charge in [0.2, 0.25) is 0 Å². The van der Waals surface area contributed by atoms with Gasteiger partial charge in [0, 0.05) is 6.54 Å². The Balaban J connectivity index is 1.90. The molecule has 4 N–H and O–H groups in total. The van der Waals surface area contributed by atoms with Crippen molar-refractivity contribution in [2.24, 2.45) is 0 Å². The Morgan fingerprint density at radius 1 is 1.67 bits per heavy atom. The molecule has 5 heteroatoms. The van der Waals surface area contributed by atoms with Crippen LogP contribution in [0.2, 0.25) is 0 Å². The number of nitrogens with two attached hydrogens (primary N) is 1. The summed E-state index contributed by atoms with van der Waals surface area (Å²) in [4.78, 5) is 12.1. The largest absolute Gasteiger partial charge is 0.397 e. The molecule has 1 aromatic heterocycles. The van der Waals surface area contributed by atoms with E-state index in [0.29, 0.717) is 17.1 Å². The molecule has 0 atom stereocenters. The predicted molar refractivity (Wildman–Crippen MR) is 59.9 cm³/mol. The molecule has 0 radical (unpaired) electrons. The van der Waals surface area contributed by atoms with Gasteiger partial charge in [-0.2, -0.15) is 0 Å². The molecule has 1 heterocycles. The van der Waals surface area contributed by atoms with E-state index in [1.807, 2.05) is 0 Å². The maximum absolute atomic E-state index is 11.6. The maximum atomic E-state index is 11.6. The van der Waals surface area contributed by atoms with Crippen LogP contribution in [0.3, 0.4) is 0 Å². The Morgan fingerprint density at radius 2 is 2.40 bits per heavy atom. The molecule has 0 saturated heterocycles. The number of carbonyl (C=O) groups excluding carboxylic acids is 1. The zero-order valence-corrected chi connectivity index (χ0v) is 9.14. The molecular formula is C10H14N2O2S. The van der Waals surface area contributed by atoms with E-state index in [1.54, 1.807) is 11.4 Å². The summed E-state index contributed by atoms with van der Waals surface area (Å²) < 4.78 is 0. The van der Waals surface area contributed by atoms with Gasteiger partial charge < -0.3 is 16.2 Å². The molecule has 2 rings (SSSR count). The third kappa shape index (κ3) is 2.13. The first kappa shape index (κ1) is 10.4. The molecule has 0 aromatic carbocycles. The van der Waals surface area contributed by atoms with Crippen LogP contribution in [-0.2, 0) is 0 Å². The van der Waals surface area contributed by atoms with Gasteiger partial charge in [-0.25, -0.2) is 0 Å². The van der Waals surface area contributed by atoms with E-state index in [1.165, 1.54) is 11.3 Å². The van der Waals surface area contributed by atoms with Crippen molar-refractivity contribution in [2.75, 3.05) is 12.3 Å². The molecule has 0 unspecified atom stereocenters. The highest BCUT2D eigenvalue weighted by Crippen LogP contribution is 2.30. The van der Waals surface area contributed by atoms with Gasteiger partial charge in [-0.1, -0.05) is 0 Å². The number of aliphatic hydroxyl groups is 1. The molecule has 1 aromatic rings. The Bertz CT molecular complexity index is 371. The second kappa shape index (κ2) is 3.83. The van der Waals surface area contributed by atoms with E-state index >= 15 is 0 Å². The lowest BCUT2D eigenvalue weighted by molar-refractivity contribution is -0.0300. The summed E-state index contributed by atoms with van der Waals surface area (Å²) in [5, 5.41) is 14.3. The van der Waals surface area contributed by atoms with E-state index in [9.17, 15) is 9.90 Å². The highest BCUT2D eigenvalue weighted by molar-refractivity contribution is 7.12. The fourth-order valence-electron chi connectivity index (χ4n) is 1.59. The highest BCUT2D eigenvalue weighted by Gasteiger charge is 2.34. The molecule has 0 bridgehead atoms. The van der Waals surface area contributed by atoms with Crippen molar-refractivity contribution in [1.82, 2.24) is 5.32 Å². The van der Waals surface area contributed by atoms with Crippen molar-refractivity contribution in [2.45, 2.75) is 24.9 Å². The zero-order valence-electron chi connectivity index (χ0n) is 8.32. The van der Waals surface area contributed by atoms with Gasteiger partial charge in [-0.3, -0.25) is 4.79 Å². The smallest absolute Gasteiger partial charge is 0.263 e. The summed E-state index contributed by atoms with van der Waals surface area (Å²) in [5.74, 6) is -0.192. The number of nitrogen functional groups attached to an aromatic ring is 1. The Hall–Kier alpha value is -1.07. The first-order valence-electron chi connectivity index (χ1n) is 4.94. The van der Waals surface area contributed by atoms with Crippen molar-refractivity contribution in [3.63, 3.8) is 0 Å². The second-order valence-electron chi connectivity index (χ2n) is 3.97. The lowest BCUT2D eigenvalue weighted by Crippen LogP contribution is -2.47. The molecule has 4 nitrogen and oxygen atoms in total. The van der Waals surface area contributed by atoms with Gasteiger partial charge in [0.05, 0.1) is 11.3 Å². The Kier molecular flexibility index (Phi) is 2.67. The topological polar surface area (TPSA) is 75.4 Å². The number of nitrogens with one attached hydrogen (secondary N) is 1. The van der Waals surface area contributed by atoms with Crippen LogP contribution in [0, 0.1) is 0 Å². The average Bonchev–Trinajstić information content (AvgIpc) is 2.58. The summed E-state index contributed by atoms with van der Waals surface area (Å²) >= 11 is 1.32. The summed E-state index contributed by atoms with van der Waals surface area (Å²) in [5.41, 5.74) is 5.43. The van der Waals surface area contributed by atoms with Crippen molar-refractivity contribution >= 4 is 22.9 Å². The van der Waals surface area contributed by atoms with Crippen LogP contribution in [0.1, 0.15) is 28.9 Å². The molecular weight excluding hydrogens is 212 g/mol. The lowest BCUT2D eigenvalue weighted by atomic mass is 9.80. The predicted octanol–water partition coefficient (Wildman–Crippen LogP) is 0.975. The number of carbonyl (C=O) groups is 1. The van der Waals surface area contributed by atoms with Crippen LogP contribution in [0.4, 0.5) is 5.69 Å². The number of thiophene rings is 1. The normalized spacial score (nSPS) is 18.2. The molecule has 1 aliphatic carbocycles. The fourth-order valence-corrected chi connectivity index (χ4v) is 2.32. The van der Waals surface area contributed by atoms with E-state index < -0.39 is 5.60 Å². The Labute approximate surface area is 92.1 Å². The van der Waals surface area contributed by atoms with Gasteiger partial charge in [-0.15, -0.1) is 11.3 Å². The van der Waals surface area contributed by atoms with E-state index in [4.69, 9.17) is 5.73 Å². The van der Waals surface area contributed by atoms with Crippen LogP contribution in [0.15, 0.2) is 11.4 Å². The molecule has 0 aliphatic heterocycles. The molecule has 1 aliphatic rings. The minimum atomic E-state index is -0.679. The van der Waals surface area contributed by atoms with Crippen molar-refractivity contribution in [3.8, 4) is 0 Å². The minimum absolute atomic E-state index is 0.192. The van der Waals surface area contributed by atoms with Crippen molar-refractivity contribution in [1.29, 1.82) is 0 Å². The molecule has 1 saturated carbocycles. The van der Waals surface area contributed by atoms with Gasteiger partial charge >= 0.3 is 0 Å². The third-order valence-electron chi connectivity index (χ3n) is 2.76. The van der Waals surface area contributed by atoms with Gasteiger partial charge in [-0.05, 0) is 30.7 Å². The number of hydrogen-bond donors (Lipinski definition) is 3. The molecule has 15 heavy (non-hydrogen) atoms. The molecule has 0 spiro atoms. The SMILES string of the molecule is Nc1ccsc1C(=O)NCC1(O)CCC1. The van der Waals surface area contributed by atoms with Crippen LogP contribution in [0.25, 0.3) is 0 Å². The standard InChI is InChI=1S/C10H14N2O2S/c11-7-2-5-15-8(7)9(13)12-6-10(14)3-1-4-10/h2,5,14H,1,3-4,6,11H2,(H,12,13). The summed E-state index contributed by atoms with van der Waals surface area (Å²) in [6.07, 6.45) is 2.58. The highest BCUT2D eigenvalue weighted by atomic mass is 32.1. The lowest BCUT2D eigenvalue weighted by Gasteiger charge is -2.36.